The van der Waals surface area contributed by atoms with Crippen molar-refractivity contribution in [3.63, 3.8) is 0 Å². The monoisotopic (exact) mass is 281 g/mol. The van der Waals surface area contributed by atoms with Crippen LogP contribution >= 0.6 is 0 Å². The van der Waals surface area contributed by atoms with Crippen LogP contribution in [0.5, 0.6) is 0 Å². The average molecular weight is 281 g/mol. The summed E-state index contributed by atoms with van der Waals surface area (Å²) >= 11 is 0. The van der Waals surface area contributed by atoms with Crippen LogP contribution in [-0.2, 0) is 4.74 Å². The molecule has 0 amide bonds. The van der Waals surface area contributed by atoms with Crippen molar-refractivity contribution < 1.29 is 4.74 Å². The summed E-state index contributed by atoms with van der Waals surface area (Å²) in [5, 5.41) is 2.62. The Morgan fingerprint density at radius 3 is 2.81 bits per heavy atom. The quantitative estimate of drug-likeness (QED) is 0.692. The zero-order valence-corrected chi connectivity index (χ0v) is 11.5. The van der Waals surface area contributed by atoms with Crippen molar-refractivity contribution in [2.75, 3.05) is 31.2 Å². The molecule has 3 heterocycles. The number of aromatic nitrogens is 2. The number of hydrogen-bond donors (Lipinski definition) is 1. The van der Waals surface area contributed by atoms with Crippen molar-refractivity contribution >= 4 is 27.5 Å². The van der Waals surface area contributed by atoms with E-state index in [0.29, 0.717) is 11.0 Å². The number of rotatable bonds is 1. The summed E-state index contributed by atoms with van der Waals surface area (Å²) in [5.41, 5.74) is 1.61. The second kappa shape index (κ2) is 4.86. The molecule has 4 rings (SSSR count). The predicted molar refractivity (Wildman–Crippen MR) is 82.9 cm³/mol. The van der Waals surface area contributed by atoms with E-state index in [0.717, 1.165) is 42.8 Å². The molecule has 0 bridgehead atoms. The number of ether oxygens (including phenoxy) is 1. The van der Waals surface area contributed by atoms with Gasteiger partial charge in [0.2, 0.25) is 0 Å². The van der Waals surface area contributed by atoms with Crippen molar-refractivity contribution in [2.24, 2.45) is 0 Å². The van der Waals surface area contributed by atoms with E-state index in [4.69, 9.17) is 4.74 Å². The molecule has 2 aromatic heterocycles. The maximum Gasteiger partial charge on any atom is 0.257 e. The van der Waals surface area contributed by atoms with E-state index in [2.05, 4.69) is 20.9 Å². The lowest BCUT2D eigenvalue weighted by Crippen LogP contribution is -2.36. The van der Waals surface area contributed by atoms with Gasteiger partial charge in [-0.1, -0.05) is 6.07 Å². The van der Waals surface area contributed by atoms with Gasteiger partial charge < -0.3 is 14.6 Å². The molecule has 0 aliphatic carbocycles. The maximum absolute atomic E-state index is 12.3. The molecular formula is C16H15N3O2. The standard InChI is InChI=1S/C16H15N3O2/c20-16-14-10-11(19-6-8-21-9-7-19)3-4-12(14)13-2-1-5-17-15(13)18-16/h1-5,10H,6-9H2,(H,17,18,20). The maximum atomic E-state index is 12.3. The summed E-state index contributed by atoms with van der Waals surface area (Å²) in [6, 6.07) is 9.91. The third kappa shape index (κ3) is 2.06. The first-order valence-electron chi connectivity index (χ1n) is 7.06. The van der Waals surface area contributed by atoms with Gasteiger partial charge in [-0.25, -0.2) is 4.98 Å². The second-order valence-corrected chi connectivity index (χ2v) is 5.18. The first-order valence-corrected chi connectivity index (χ1v) is 7.06. The Balaban J connectivity index is 1.93. The highest BCUT2D eigenvalue weighted by Gasteiger charge is 2.13. The van der Waals surface area contributed by atoms with Crippen molar-refractivity contribution in [2.45, 2.75) is 0 Å². The Morgan fingerprint density at radius 2 is 1.95 bits per heavy atom. The van der Waals surface area contributed by atoms with E-state index in [1.54, 1.807) is 6.20 Å². The number of benzene rings is 1. The molecule has 0 unspecified atom stereocenters. The molecule has 1 aliphatic rings. The zero-order chi connectivity index (χ0) is 14.2. The third-order valence-corrected chi connectivity index (χ3v) is 3.95. The predicted octanol–water partition coefficient (Wildman–Crippen LogP) is 1.91. The molecular weight excluding hydrogens is 266 g/mol. The third-order valence-electron chi connectivity index (χ3n) is 3.95. The van der Waals surface area contributed by atoms with Gasteiger partial charge in [0.25, 0.3) is 5.56 Å². The van der Waals surface area contributed by atoms with Crippen molar-refractivity contribution in [1.82, 2.24) is 9.97 Å². The molecule has 1 N–H and O–H groups in total. The van der Waals surface area contributed by atoms with Crippen LogP contribution in [0.4, 0.5) is 5.69 Å². The van der Waals surface area contributed by atoms with Crippen LogP contribution in [0.25, 0.3) is 21.8 Å². The molecule has 0 radical (unpaired) electrons. The van der Waals surface area contributed by atoms with E-state index in [1.807, 2.05) is 24.3 Å². The number of hydrogen-bond acceptors (Lipinski definition) is 4. The van der Waals surface area contributed by atoms with Crippen LogP contribution in [0.15, 0.2) is 41.3 Å². The molecule has 1 fully saturated rings. The Morgan fingerprint density at radius 1 is 1.10 bits per heavy atom. The molecule has 1 saturated heterocycles. The SMILES string of the molecule is O=c1[nH]c2ncccc2c2ccc(N3CCOCC3)cc12. The number of nitrogens with zero attached hydrogens (tertiary/aromatic N) is 2. The zero-order valence-electron chi connectivity index (χ0n) is 11.5. The van der Waals surface area contributed by atoms with E-state index in [1.165, 1.54) is 0 Å². The minimum Gasteiger partial charge on any atom is -0.378 e. The molecule has 0 spiro atoms. The topological polar surface area (TPSA) is 58.2 Å². The van der Waals surface area contributed by atoms with Gasteiger partial charge in [-0.3, -0.25) is 4.79 Å². The van der Waals surface area contributed by atoms with Gasteiger partial charge in [0.05, 0.1) is 13.2 Å². The van der Waals surface area contributed by atoms with Crippen LogP contribution in [0, 0.1) is 0 Å². The van der Waals surface area contributed by atoms with Gasteiger partial charge in [-0.15, -0.1) is 0 Å². The lowest BCUT2D eigenvalue weighted by Gasteiger charge is -2.29. The van der Waals surface area contributed by atoms with E-state index < -0.39 is 0 Å². The highest BCUT2D eigenvalue weighted by atomic mass is 16.5. The molecule has 0 saturated carbocycles. The number of aromatic amines is 1. The summed E-state index contributed by atoms with van der Waals surface area (Å²) in [7, 11) is 0. The Labute approximate surface area is 121 Å². The Hall–Kier alpha value is -2.40. The van der Waals surface area contributed by atoms with Crippen molar-refractivity contribution in [3.05, 3.63) is 46.9 Å². The highest BCUT2D eigenvalue weighted by molar-refractivity contribution is 6.04. The van der Waals surface area contributed by atoms with Gasteiger partial charge in [0.15, 0.2) is 0 Å². The second-order valence-electron chi connectivity index (χ2n) is 5.18. The van der Waals surface area contributed by atoms with Crippen LogP contribution in [0.3, 0.4) is 0 Å². The van der Waals surface area contributed by atoms with Crippen molar-refractivity contribution in [1.29, 1.82) is 0 Å². The Kier molecular flexibility index (Phi) is 2.86. The summed E-state index contributed by atoms with van der Waals surface area (Å²) in [6.07, 6.45) is 1.69. The van der Waals surface area contributed by atoms with Gasteiger partial charge in [-0.2, -0.15) is 0 Å². The summed E-state index contributed by atoms with van der Waals surface area (Å²) in [4.78, 5) is 21.6. The molecule has 3 aromatic rings. The lowest BCUT2D eigenvalue weighted by molar-refractivity contribution is 0.122. The minimum atomic E-state index is -0.0914. The van der Waals surface area contributed by atoms with E-state index in [-0.39, 0.29) is 5.56 Å². The van der Waals surface area contributed by atoms with E-state index >= 15 is 0 Å². The fraction of sp³-hybridized carbons (Fsp3) is 0.250. The number of morpholine rings is 1. The normalized spacial score (nSPS) is 15.7. The van der Waals surface area contributed by atoms with Gasteiger partial charge in [-0.05, 0) is 29.7 Å². The molecule has 21 heavy (non-hydrogen) atoms. The smallest absolute Gasteiger partial charge is 0.257 e. The molecule has 0 atom stereocenters. The summed E-state index contributed by atoms with van der Waals surface area (Å²) < 4.78 is 5.37. The van der Waals surface area contributed by atoms with Gasteiger partial charge in [0.1, 0.15) is 5.65 Å². The van der Waals surface area contributed by atoms with Crippen LogP contribution < -0.4 is 10.5 Å². The minimum absolute atomic E-state index is 0.0914. The molecule has 1 aliphatic heterocycles. The van der Waals surface area contributed by atoms with Crippen molar-refractivity contribution in [3.8, 4) is 0 Å². The fourth-order valence-corrected chi connectivity index (χ4v) is 2.87. The van der Waals surface area contributed by atoms with Gasteiger partial charge in [0, 0.05) is 35.7 Å². The highest BCUT2D eigenvalue weighted by Crippen LogP contribution is 2.25. The van der Waals surface area contributed by atoms with E-state index in [9.17, 15) is 4.79 Å². The largest absolute Gasteiger partial charge is 0.378 e. The fourth-order valence-electron chi connectivity index (χ4n) is 2.87. The summed E-state index contributed by atoms with van der Waals surface area (Å²) in [5.74, 6) is 0. The molecule has 106 valence electrons. The molecule has 1 aromatic carbocycles. The Bertz CT molecular complexity index is 866. The number of nitrogens with one attached hydrogen (secondary N) is 1. The van der Waals surface area contributed by atoms with Crippen LogP contribution in [0.1, 0.15) is 0 Å². The average Bonchev–Trinajstić information content (AvgIpc) is 2.55. The van der Waals surface area contributed by atoms with Gasteiger partial charge >= 0.3 is 0 Å². The first-order chi connectivity index (χ1) is 10.3. The lowest BCUT2D eigenvalue weighted by atomic mass is 10.1. The molecule has 5 nitrogen and oxygen atoms in total. The number of anilines is 1. The van der Waals surface area contributed by atoms with Crippen LogP contribution in [0.2, 0.25) is 0 Å². The number of fused-ring (bicyclic) bond motifs is 3. The molecule has 5 heteroatoms. The number of pyridine rings is 2. The van der Waals surface area contributed by atoms with Crippen LogP contribution in [-0.4, -0.2) is 36.3 Å². The number of H-pyrrole nitrogens is 1. The summed E-state index contributed by atoms with van der Waals surface area (Å²) in [6.45, 7) is 3.18. The first kappa shape index (κ1) is 12.3.